The van der Waals surface area contributed by atoms with Crippen LogP contribution in [0.2, 0.25) is 5.02 Å². The molecule has 0 spiro atoms. The molecule has 3 nitrogen and oxygen atoms in total. The van der Waals surface area contributed by atoms with Crippen molar-refractivity contribution in [1.82, 2.24) is 9.97 Å². The van der Waals surface area contributed by atoms with Crippen LogP contribution in [0.5, 0.6) is 0 Å². The molecule has 0 saturated heterocycles. The Hall–Kier alpha value is -2.13. The van der Waals surface area contributed by atoms with Crippen molar-refractivity contribution in [3.05, 3.63) is 53.6 Å². The van der Waals surface area contributed by atoms with Gasteiger partial charge < -0.3 is 5.32 Å². The first-order valence-corrected chi connectivity index (χ1v) is 7.93. The highest BCUT2D eigenvalue weighted by molar-refractivity contribution is 6.33. The monoisotopic (exact) mass is 311 g/mol. The van der Waals surface area contributed by atoms with Crippen LogP contribution in [0.25, 0.3) is 22.3 Å². The minimum atomic E-state index is 0.656. The number of nitrogens with zero attached hydrogens (tertiary/aromatic N) is 2. The fraction of sp³-hybridized carbons (Fsp3) is 0.222. The molecule has 1 heterocycles. The average Bonchev–Trinajstić information content (AvgIpc) is 2.55. The van der Waals surface area contributed by atoms with E-state index in [1.165, 1.54) is 0 Å². The fourth-order valence-electron chi connectivity index (χ4n) is 2.36. The van der Waals surface area contributed by atoms with Gasteiger partial charge in [-0.05, 0) is 30.7 Å². The minimum Gasteiger partial charge on any atom is -0.369 e. The lowest BCUT2D eigenvalue weighted by Crippen LogP contribution is -2.05. The van der Waals surface area contributed by atoms with Gasteiger partial charge in [-0.25, -0.2) is 9.97 Å². The van der Waals surface area contributed by atoms with E-state index in [1.807, 2.05) is 48.5 Å². The smallest absolute Gasteiger partial charge is 0.163 e. The maximum Gasteiger partial charge on any atom is 0.163 e. The van der Waals surface area contributed by atoms with E-state index in [0.29, 0.717) is 10.8 Å². The number of unbranched alkanes of at least 4 members (excludes halogenated alkanes) is 1. The van der Waals surface area contributed by atoms with Crippen molar-refractivity contribution in [3.63, 3.8) is 0 Å². The summed E-state index contributed by atoms with van der Waals surface area (Å²) in [6.07, 6.45) is 2.26. The topological polar surface area (TPSA) is 37.8 Å². The highest BCUT2D eigenvalue weighted by Crippen LogP contribution is 2.29. The fourth-order valence-corrected chi connectivity index (χ4v) is 2.58. The second-order valence-electron chi connectivity index (χ2n) is 5.17. The van der Waals surface area contributed by atoms with Gasteiger partial charge in [0.2, 0.25) is 0 Å². The number of fused-ring (bicyclic) bond motifs is 1. The number of para-hydroxylation sites is 1. The number of halogens is 1. The molecule has 0 amide bonds. The van der Waals surface area contributed by atoms with Crippen LogP contribution in [-0.2, 0) is 0 Å². The third kappa shape index (κ3) is 3.04. The number of benzene rings is 2. The quantitative estimate of drug-likeness (QED) is 0.661. The molecule has 112 valence electrons. The molecular formula is C18H18ClN3. The zero-order valence-electron chi connectivity index (χ0n) is 12.5. The summed E-state index contributed by atoms with van der Waals surface area (Å²) < 4.78 is 0. The molecule has 4 heteroatoms. The molecule has 2 aromatic carbocycles. The highest BCUT2D eigenvalue weighted by Gasteiger charge is 2.11. The van der Waals surface area contributed by atoms with Gasteiger partial charge in [0, 0.05) is 17.5 Å². The van der Waals surface area contributed by atoms with Gasteiger partial charge in [-0.15, -0.1) is 0 Å². The summed E-state index contributed by atoms with van der Waals surface area (Å²) in [5.41, 5.74) is 1.78. The maximum atomic E-state index is 6.29. The van der Waals surface area contributed by atoms with Crippen LogP contribution in [-0.4, -0.2) is 16.5 Å². The Morgan fingerprint density at radius 1 is 1.00 bits per heavy atom. The Morgan fingerprint density at radius 2 is 1.77 bits per heavy atom. The first kappa shape index (κ1) is 14.8. The van der Waals surface area contributed by atoms with Gasteiger partial charge in [0.05, 0.1) is 10.5 Å². The lowest BCUT2D eigenvalue weighted by Gasteiger charge is -2.11. The van der Waals surface area contributed by atoms with Crippen LogP contribution in [0.15, 0.2) is 48.5 Å². The molecular weight excluding hydrogens is 294 g/mol. The standard InChI is InChI=1S/C18H18ClN3/c1-2-3-12-20-17-14-9-5-7-11-16(14)21-18(22-17)13-8-4-6-10-15(13)19/h4-11H,2-3,12H2,1H3,(H,20,21,22). The Balaban J connectivity index is 2.10. The number of aromatic nitrogens is 2. The van der Waals surface area contributed by atoms with Crippen molar-refractivity contribution in [2.24, 2.45) is 0 Å². The summed E-state index contributed by atoms with van der Waals surface area (Å²) in [4.78, 5) is 9.36. The van der Waals surface area contributed by atoms with E-state index in [0.717, 1.165) is 41.7 Å². The summed E-state index contributed by atoms with van der Waals surface area (Å²) in [6, 6.07) is 15.7. The van der Waals surface area contributed by atoms with Crippen LogP contribution >= 0.6 is 11.6 Å². The molecule has 0 atom stereocenters. The van der Waals surface area contributed by atoms with Crippen molar-refractivity contribution >= 4 is 28.3 Å². The predicted molar refractivity (Wildman–Crippen MR) is 93.4 cm³/mol. The normalized spacial score (nSPS) is 10.8. The zero-order chi connectivity index (χ0) is 15.4. The van der Waals surface area contributed by atoms with Crippen molar-refractivity contribution in [2.75, 3.05) is 11.9 Å². The lowest BCUT2D eigenvalue weighted by atomic mass is 10.2. The largest absolute Gasteiger partial charge is 0.369 e. The molecule has 1 N–H and O–H groups in total. The SMILES string of the molecule is CCCCNc1nc(-c2ccccc2Cl)nc2ccccc12. The van der Waals surface area contributed by atoms with Gasteiger partial charge in [0.15, 0.2) is 5.82 Å². The molecule has 0 aliphatic rings. The number of nitrogens with one attached hydrogen (secondary N) is 1. The first-order chi connectivity index (χ1) is 10.8. The van der Waals surface area contributed by atoms with Gasteiger partial charge >= 0.3 is 0 Å². The van der Waals surface area contributed by atoms with Gasteiger partial charge in [0.1, 0.15) is 5.82 Å². The molecule has 0 aliphatic carbocycles. The maximum absolute atomic E-state index is 6.29. The van der Waals surface area contributed by atoms with E-state index in [9.17, 15) is 0 Å². The van der Waals surface area contributed by atoms with Crippen molar-refractivity contribution in [2.45, 2.75) is 19.8 Å². The average molecular weight is 312 g/mol. The predicted octanol–water partition coefficient (Wildman–Crippen LogP) is 5.16. The Labute approximate surface area is 135 Å². The zero-order valence-corrected chi connectivity index (χ0v) is 13.3. The second kappa shape index (κ2) is 6.75. The molecule has 0 saturated carbocycles. The van der Waals surface area contributed by atoms with E-state index in [-0.39, 0.29) is 0 Å². The summed E-state index contributed by atoms with van der Waals surface area (Å²) in [6.45, 7) is 3.08. The van der Waals surface area contributed by atoms with Crippen LogP contribution in [0.4, 0.5) is 5.82 Å². The molecule has 3 rings (SSSR count). The third-order valence-corrected chi connectivity index (χ3v) is 3.87. The summed E-state index contributed by atoms with van der Waals surface area (Å²) in [5.74, 6) is 1.53. The second-order valence-corrected chi connectivity index (χ2v) is 5.58. The van der Waals surface area contributed by atoms with E-state index < -0.39 is 0 Å². The molecule has 3 aromatic rings. The van der Waals surface area contributed by atoms with Gasteiger partial charge in [-0.3, -0.25) is 0 Å². The Bertz CT molecular complexity index is 786. The Morgan fingerprint density at radius 3 is 2.59 bits per heavy atom. The number of anilines is 1. The summed E-state index contributed by atoms with van der Waals surface area (Å²) in [5, 5.41) is 5.12. The van der Waals surface area contributed by atoms with E-state index >= 15 is 0 Å². The minimum absolute atomic E-state index is 0.656. The van der Waals surface area contributed by atoms with Gasteiger partial charge in [-0.2, -0.15) is 0 Å². The van der Waals surface area contributed by atoms with E-state index in [2.05, 4.69) is 17.2 Å². The summed E-state index contributed by atoms with van der Waals surface area (Å²) >= 11 is 6.29. The van der Waals surface area contributed by atoms with Gasteiger partial charge in [-0.1, -0.05) is 49.2 Å². The molecule has 0 radical (unpaired) electrons. The van der Waals surface area contributed by atoms with Crippen LogP contribution in [0.1, 0.15) is 19.8 Å². The van der Waals surface area contributed by atoms with Crippen LogP contribution in [0.3, 0.4) is 0 Å². The van der Waals surface area contributed by atoms with Crippen molar-refractivity contribution in [3.8, 4) is 11.4 Å². The van der Waals surface area contributed by atoms with Crippen molar-refractivity contribution < 1.29 is 0 Å². The molecule has 22 heavy (non-hydrogen) atoms. The van der Waals surface area contributed by atoms with Gasteiger partial charge in [0.25, 0.3) is 0 Å². The molecule has 0 bridgehead atoms. The highest BCUT2D eigenvalue weighted by atomic mass is 35.5. The lowest BCUT2D eigenvalue weighted by molar-refractivity contribution is 0.832. The molecule has 0 unspecified atom stereocenters. The Kier molecular flexibility index (Phi) is 4.54. The van der Waals surface area contributed by atoms with E-state index in [4.69, 9.17) is 16.6 Å². The van der Waals surface area contributed by atoms with Crippen LogP contribution < -0.4 is 5.32 Å². The first-order valence-electron chi connectivity index (χ1n) is 7.55. The molecule has 0 aliphatic heterocycles. The summed E-state index contributed by atoms with van der Waals surface area (Å²) in [7, 11) is 0. The molecule has 0 fully saturated rings. The molecule has 1 aromatic heterocycles. The number of rotatable bonds is 5. The number of hydrogen-bond donors (Lipinski definition) is 1. The number of hydrogen-bond acceptors (Lipinski definition) is 3. The third-order valence-electron chi connectivity index (χ3n) is 3.54. The van der Waals surface area contributed by atoms with E-state index in [1.54, 1.807) is 0 Å². The van der Waals surface area contributed by atoms with Crippen LogP contribution in [0, 0.1) is 0 Å². The van der Waals surface area contributed by atoms with Crippen molar-refractivity contribution in [1.29, 1.82) is 0 Å².